The van der Waals surface area contributed by atoms with Gasteiger partial charge in [-0.05, 0) is 44.1 Å². The molecule has 8 heteroatoms. The fourth-order valence-electron chi connectivity index (χ4n) is 3.16. The highest BCUT2D eigenvalue weighted by molar-refractivity contribution is 5.94. The number of hydrogen-bond donors (Lipinski definition) is 2. The highest BCUT2D eigenvalue weighted by Crippen LogP contribution is 2.28. The van der Waals surface area contributed by atoms with E-state index in [1.807, 2.05) is 0 Å². The number of nitrogens with one attached hydrogen (secondary N) is 2. The average molecular weight is 405 g/mol. The van der Waals surface area contributed by atoms with E-state index in [2.05, 4.69) is 10.6 Å². The lowest BCUT2D eigenvalue weighted by atomic mass is 9.79. The van der Waals surface area contributed by atoms with Crippen molar-refractivity contribution in [2.75, 3.05) is 53.7 Å². The maximum atomic E-state index is 13.9. The minimum atomic E-state index is -0.381. The molecule has 0 saturated carbocycles. The molecule has 0 bridgehead atoms. The van der Waals surface area contributed by atoms with Crippen LogP contribution in [0.1, 0.15) is 28.8 Å². The number of ether oxygens (including phenoxy) is 3. The van der Waals surface area contributed by atoms with E-state index in [0.717, 1.165) is 25.9 Å². The molecule has 1 heterocycles. The van der Waals surface area contributed by atoms with E-state index in [0.29, 0.717) is 37.5 Å². The molecule has 1 aromatic carbocycles. The minimum absolute atomic E-state index is 0. The molecule has 1 aromatic rings. The van der Waals surface area contributed by atoms with E-state index in [1.165, 1.54) is 12.1 Å². The van der Waals surface area contributed by atoms with Crippen LogP contribution in [0.3, 0.4) is 0 Å². The summed E-state index contributed by atoms with van der Waals surface area (Å²) in [7, 11) is 3.26. The van der Waals surface area contributed by atoms with Crippen LogP contribution < -0.4 is 10.6 Å². The Kier molecular flexibility index (Phi) is 10.8. The van der Waals surface area contributed by atoms with Crippen molar-refractivity contribution < 1.29 is 23.4 Å². The van der Waals surface area contributed by atoms with E-state index in [1.54, 1.807) is 20.3 Å². The molecule has 1 saturated heterocycles. The minimum Gasteiger partial charge on any atom is -0.384 e. The van der Waals surface area contributed by atoms with Crippen molar-refractivity contribution >= 4 is 18.3 Å². The first kappa shape index (κ1) is 23.8. The van der Waals surface area contributed by atoms with Gasteiger partial charge in [-0.2, -0.15) is 0 Å². The van der Waals surface area contributed by atoms with Gasteiger partial charge in [-0.3, -0.25) is 4.79 Å². The smallest absolute Gasteiger partial charge is 0.251 e. The molecule has 0 spiro atoms. The number of carbonyl (C=O) groups is 1. The third kappa shape index (κ3) is 7.35. The summed E-state index contributed by atoms with van der Waals surface area (Å²) in [4.78, 5) is 12.5. The molecular weight excluding hydrogens is 375 g/mol. The van der Waals surface area contributed by atoms with Crippen LogP contribution in [0.4, 0.5) is 4.39 Å². The van der Waals surface area contributed by atoms with E-state index in [9.17, 15) is 9.18 Å². The molecule has 0 aliphatic carbocycles. The lowest BCUT2D eigenvalue weighted by Gasteiger charge is -2.37. The fourth-order valence-corrected chi connectivity index (χ4v) is 3.16. The topological polar surface area (TPSA) is 68.8 Å². The number of halogens is 2. The molecule has 154 valence electrons. The second-order valence-electron chi connectivity index (χ2n) is 6.72. The Morgan fingerprint density at radius 3 is 2.63 bits per heavy atom. The number of benzene rings is 1. The van der Waals surface area contributed by atoms with Gasteiger partial charge in [-0.15, -0.1) is 12.4 Å². The quantitative estimate of drug-likeness (QED) is 0.585. The zero-order chi connectivity index (χ0) is 18.8. The van der Waals surface area contributed by atoms with E-state index in [4.69, 9.17) is 14.2 Å². The summed E-state index contributed by atoms with van der Waals surface area (Å²) in [6.07, 6.45) is 1.90. The summed E-state index contributed by atoms with van der Waals surface area (Å²) >= 11 is 0. The van der Waals surface area contributed by atoms with Crippen LogP contribution in [0.25, 0.3) is 0 Å². The van der Waals surface area contributed by atoms with Gasteiger partial charge >= 0.3 is 0 Å². The number of rotatable bonds is 10. The highest BCUT2D eigenvalue weighted by Gasteiger charge is 2.32. The lowest BCUT2D eigenvalue weighted by molar-refractivity contribution is 0.0511. The van der Waals surface area contributed by atoms with Gasteiger partial charge < -0.3 is 24.8 Å². The van der Waals surface area contributed by atoms with Gasteiger partial charge in [-0.1, -0.05) is 0 Å². The van der Waals surface area contributed by atoms with E-state index in [-0.39, 0.29) is 36.2 Å². The van der Waals surface area contributed by atoms with Crippen molar-refractivity contribution in [2.24, 2.45) is 5.41 Å². The fraction of sp³-hybridized carbons (Fsp3) is 0.632. The van der Waals surface area contributed by atoms with Crippen LogP contribution >= 0.6 is 12.4 Å². The maximum absolute atomic E-state index is 13.9. The standard InChI is InChI=1S/C19H29FN2O4.ClH/c1-24-9-10-26-12-16-11-15(3-4-17(16)20)18(23)22-13-19(14-25-2)5-7-21-8-6-19;/h3-4,11,21H,5-10,12-14H2,1-2H3,(H,22,23);1H. The molecule has 2 rings (SSSR count). The molecule has 2 N–H and O–H groups in total. The number of amides is 1. The van der Waals surface area contributed by atoms with Crippen molar-refractivity contribution in [1.29, 1.82) is 0 Å². The number of piperidine rings is 1. The first-order chi connectivity index (χ1) is 12.6. The average Bonchev–Trinajstić information content (AvgIpc) is 2.66. The summed E-state index contributed by atoms with van der Waals surface area (Å²) in [5, 5.41) is 6.31. The van der Waals surface area contributed by atoms with Gasteiger partial charge in [0.25, 0.3) is 5.91 Å². The molecule has 6 nitrogen and oxygen atoms in total. The third-order valence-corrected chi connectivity index (χ3v) is 4.74. The van der Waals surface area contributed by atoms with Gasteiger partial charge in [0.05, 0.1) is 26.4 Å². The van der Waals surface area contributed by atoms with Crippen LogP contribution in [0, 0.1) is 11.2 Å². The largest absolute Gasteiger partial charge is 0.384 e. The van der Waals surface area contributed by atoms with Gasteiger partial charge in [0.1, 0.15) is 5.82 Å². The summed E-state index contributed by atoms with van der Waals surface area (Å²) in [6.45, 7) is 3.90. The van der Waals surface area contributed by atoms with Crippen LogP contribution in [0.5, 0.6) is 0 Å². The summed E-state index contributed by atoms with van der Waals surface area (Å²) in [5.41, 5.74) is 0.738. The first-order valence-corrected chi connectivity index (χ1v) is 8.93. The van der Waals surface area contributed by atoms with Crippen LogP contribution in [0.15, 0.2) is 18.2 Å². The van der Waals surface area contributed by atoms with Crippen molar-refractivity contribution in [3.63, 3.8) is 0 Å². The van der Waals surface area contributed by atoms with E-state index < -0.39 is 0 Å². The predicted molar refractivity (Wildman–Crippen MR) is 104 cm³/mol. The highest BCUT2D eigenvalue weighted by atomic mass is 35.5. The van der Waals surface area contributed by atoms with E-state index >= 15 is 0 Å². The normalized spacial score (nSPS) is 15.8. The number of methoxy groups -OCH3 is 2. The molecule has 1 aliphatic heterocycles. The Morgan fingerprint density at radius 1 is 1.22 bits per heavy atom. The molecule has 1 aliphatic rings. The van der Waals surface area contributed by atoms with Crippen molar-refractivity contribution in [2.45, 2.75) is 19.4 Å². The van der Waals surface area contributed by atoms with Crippen molar-refractivity contribution in [3.05, 3.63) is 35.1 Å². The van der Waals surface area contributed by atoms with Crippen LogP contribution in [0.2, 0.25) is 0 Å². The molecule has 27 heavy (non-hydrogen) atoms. The molecule has 0 atom stereocenters. The van der Waals surface area contributed by atoms with Gasteiger partial charge in [-0.25, -0.2) is 4.39 Å². The predicted octanol–water partition coefficient (Wildman–Crippen LogP) is 2.16. The second kappa shape index (κ2) is 12.3. The van der Waals surface area contributed by atoms with Crippen LogP contribution in [-0.4, -0.2) is 59.6 Å². The Labute approximate surface area is 166 Å². The second-order valence-corrected chi connectivity index (χ2v) is 6.72. The number of carbonyl (C=O) groups excluding carboxylic acids is 1. The molecule has 0 radical (unpaired) electrons. The zero-order valence-corrected chi connectivity index (χ0v) is 16.8. The molecule has 0 unspecified atom stereocenters. The summed E-state index contributed by atoms with van der Waals surface area (Å²) < 4.78 is 29.5. The van der Waals surface area contributed by atoms with Crippen molar-refractivity contribution in [1.82, 2.24) is 10.6 Å². The summed E-state index contributed by atoms with van der Waals surface area (Å²) in [5.74, 6) is -0.592. The Hall–Kier alpha value is -1.25. The SMILES string of the molecule is COCCOCc1cc(C(=O)NCC2(COC)CCNCC2)ccc1F.Cl. The van der Waals surface area contributed by atoms with Gasteiger partial charge in [0.2, 0.25) is 0 Å². The Bertz CT molecular complexity index is 577. The van der Waals surface area contributed by atoms with Gasteiger partial charge in [0.15, 0.2) is 0 Å². The maximum Gasteiger partial charge on any atom is 0.251 e. The zero-order valence-electron chi connectivity index (χ0n) is 16.0. The lowest BCUT2D eigenvalue weighted by Crippen LogP contribution is -2.47. The van der Waals surface area contributed by atoms with Gasteiger partial charge in [0, 0.05) is 37.3 Å². The molecule has 1 fully saturated rings. The molecule has 0 aromatic heterocycles. The first-order valence-electron chi connectivity index (χ1n) is 8.93. The Balaban J connectivity index is 0.00000364. The summed E-state index contributed by atoms with van der Waals surface area (Å²) in [6, 6.07) is 4.34. The molecular formula is C19H30ClFN2O4. The molecule has 1 amide bonds. The van der Waals surface area contributed by atoms with Crippen LogP contribution in [-0.2, 0) is 20.8 Å². The number of hydrogen-bond acceptors (Lipinski definition) is 5. The monoisotopic (exact) mass is 404 g/mol. The van der Waals surface area contributed by atoms with Crippen molar-refractivity contribution in [3.8, 4) is 0 Å². The Morgan fingerprint density at radius 2 is 1.96 bits per heavy atom. The third-order valence-electron chi connectivity index (χ3n) is 4.74.